The Kier molecular flexibility index (Phi) is 6.55. The molecular formula is C19H22Cl2N4O2. The van der Waals surface area contributed by atoms with E-state index in [-0.39, 0.29) is 5.91 Å². The summed E-state index contributed by atoms with van der Waals surface area (Å²) in [6.45, 7) is 7.18. The fraction of sp³-hybridized carbons (Fsp3) is 0.368. The van der Waals surface area contributed by atoms with Crippen molar-refractivity contribution in [1.82, 2.24) is 14.9 Å². The highest BCUT2D eigenvalue weighted by atomic mass is 35.5. The molecular weight excluding hydrogens is 387 g/mol. The van der Waals surface area contributed by atoms with Gasteiger partial charge in [0, 0.05) is 35.7 Å². The Bertz CT molecular complexity index is 858. The predicted octanol–water partition coefficient (Wildman–Crippen LogP) is 3.18. The van der Waals surface area contributed by atoms with Gasteiger partial charge in [-0.1, -0.05) is 23.2 Å². The van der Waals surface area contributed by atoms with E-state index in [0.717, 1.165) is 35.7 Å². The summed E-state index contributed by atoms with van der Waals surface area (Å²) in [5.41, 5.74) is 6.47. The van der Waals surface area contributed by atoms with Crippen LogP contribution in [0, 0.1) is 13.8 Å². The molecule has 1 N–H and O–H groups in total. The Labute approximate surface area is 168 Å². The predicted molar refractivity (Wildman–Crippen MR) is 108 cm³/mol. The average molecular weight is 409 g/mol. The van der Waals surface area contributed by atoms with Crippen LogP contribution in [-0.2, 0) is 9.53 Å². The summed E-state index contributed by atoms with van der Waals surface area (Å²) in [5, 5.41) is 5.13. The Balaban J connectivity index is 1.67. The Morgan fingerprint density at radius 1 is 1.22 bits per heavy atom. The molecule has 144 valence electrons. The standard InChI is InChI=1S/C19H22Cl2N4O2/c1-13-9-15(11-22-23-19(26)12-24-5-7-27-8-6-24)14(2)25(13)16-3-4-17(20)18(21)10-16/h3-4,9-11H,5-8,12H2,1-2H3,(H,23,26)/b22-11+. The number of hydrogen-bond donors (Lipinski definition) is 1. The van der Waals surface area contributed by atoms with Crippen LogP contribution < -0.4 is 5.43 Å². The minimum absolute atomic E-state index is 0.133. The minimum Gasteiger partial charge on any atom is -0.379 e. The molecule has 1 aliphatic rings. The van der Waals surface area contributed by atoms with Crippen LogP contribution in [0.5, 0.6) is 0 Å². The SMILES string of the molecule is Cc1cc(/C=N/NC(=O)CN2CCOCC2)c(C)n1-c1ccc(Cl)c(Cl)c1. The number of carbonyl (C=O) groups excluding carboxylic acids is 1. The van der Waals surface area contributed by atoms with Crippen molar-refractivity contribution < 1.29 is 9.53 Å². The number of aromatic nitrogens is 1. The second-order valence-corrected chi connectivity index (χ2v) is 7.26. The molecule has 6 nitrogen and oxygen atoms in total. The second-order valence-electron chi connectivity index (χ2n) is 6.44. The number of halogens is 2. The summed E-state index contributed by atoms with van der Waals surface area (Å²) >= 11 is 12.2. The Morgan fingerprint density at radius 3 is 2.67 bits per heavy atom. The first-order valence-electron chi connectivity index (χ1n) is 8.72. The number of nitrogens with one attached hydrogen (secondary N) is 1. The van der Waals surface area contributed by atoms with Gasteiger partial charge in [-0.05, 0) is 38.1 Å². The van der Waals surface area contributed by atoms with Crippen molar-refractivity contribution in [2.75, 3.05) is 32.8 Å². The third kappa shape index (κ3) is 4.90. The van der Waals surface area contributed by atoms with E-state index >= 15 is 0 Å². The molecule has 1 aromatic carbocycles. The molecule has 0 aliphatic carbocycles. The first-order chi connectivity index (χ1) is 13.0. The van der Waals surface area contributed by atoms with Crippen LogP contribution in [-0.4, -0.2) is 54.4 Å². The zero-order valence-electron chi connectivity index (χ0n) is 15.3. The Hall–Kier alpha value is -1.86. The van der Waals surface area contributed by atoms with Crippen LogP contribution >= 0.6 is 23.2 Å². The van der Waals surface area contributed by atoms with Gasteiger partial charge in [0.15, 0.2) is 0 Å². The van der Waals surface area contributed by atoms with E-state index in [1.165, 1.54) is 0 Å². The van der Waals surface area contributed by atoms with Gasteiger partial charge in [0.25, 0.3) is 5.91 Å². The highest BCUT2D eigenvalue weighted by Gasteiger charge is 2.14. The number of aryl methyl sites for hydroxylation is 1. The highest BCUT2D eigenvalue weighted by Crippen LogP contribution is 2.27. The van der Waals surface area contributed by atoms with Gasteiger partial charge in [-0.15, -0.1) is 0 Å². The van der Waals surface area contributed by atoms with Crippen molar-refractivity contribution in [2.24, 2.45) is 5.10 Å². The molecule has 0 spiro atoms. The van der Waals surface area contributed by atoms with E-state index < -0.39 is 0 Å². The maximum atomic E-state index is 12.0. The number of morpholine rings is 1. The summed E-state index contributed by atoms with van der Waals surface area (Å²) in [7, 11) is 0. The van der Waals surface area contributed by atoms with Gasteiger partial charge >= 0.3 is 0 Å². The lowest BCUT2D eigenvalue weighted by Gasteiger charge is -2.25. The summed E-state index contributed by atoms with van der Waals surface area (Å²) < 4.78 is 7.34. The maximum Gasteiger partial charge on any atom is 0.254 e. The van der Waals surface area contributed by atoms with Crippen molar-refractivity contribution in [2.45, 2.75) is 13.8 Å². The molecule has 0 saturated carbocycles. The van der Waals surface area contributed by atoms with E-state index in [2.05, 4.69) is 15.1 Å². The fourth-order valence-electron chi connectivity index (χ4n) is 3.11. The van der Waals surface area contributed by atoms with Crippen LogP contribution in [0.2, 0.25) is 10.0 Å². The van der Waals surface area contributed by atoms with E-state index in [1.807, 2.05) is 36.9 Å². The molecule has 27 heavy (non-hydrogen) atoms. The second kappa shape index (κ2) is 8.89. The minimum atomic E-state index is -0.133. The quantitative estimate of drug-likeness (QED) is 0.610. The van der Waals surface area contributed by atoms with Crippen LogP contribution in [0.4, 0.5) is 0 Å². The third-order valence-corrected chi connectivity index (χ3v) is 5.23. The molecule has 1 saturated heterocycles. The van der Waals surface area contributed by atoms with Crippen molar-refractivity contribution >= 4 is 35.3 Å². The van der Waals surface area contributed by atoms with Gasteiger partial charge < -0.3 is 9.30 Å². The number of hydrazone groups is 1. The van der Waals surface area contributed by atoms with E-state index in [4.69, 9.17) is 27.9 Å². The molecule has 2 aromatic rings. The molecule has 0 bridgehead atoms. The van der Waals surface area contributed by atoms with Gasteiger partial charge in [0.05, 0.1) is 36.0 Å². The molecule has 1 aliphatic heterocycles. The number of carbonyl (C=O) groups is 1. The van der Waals surface area contributed by atoms with Gasteiger partial charge in [-0.25, -0.2) is 5.43 Å². The molecule has 8 heteroatoms. The first-order valence-corrected chi connectivity index (χ1v) is 9.47. The molecule has 1 fully saturated rings. The van der Waals surface area contributed by atoms with Crippen LogP contribution in [0.1, 0.15) is 17.0 Å². The van der Waals surface area contributed by atoms with E-state index in [9.17, 15) is 4.79 Å². The maximum absolute atomic E-state index is 12.0. The lowest BCUT2D eigenvalue weighted by Crippen LogP contribution is -2.42. The van der Waals surface area contributed by atoms with Gasteiger partial charge in [0.2, 0.25) is 0 Å². The summed E-state index contributed by atoms with van der Waals surface area (Å²) in [5.74, 6) is -0.133. The zero-order chi connectivity index (χ0) is 19.4. The monoisotopic (exact) mass is 408 g/mol. The molecule has 3 rings (SSSR count). The topological polar surface area (TPSA) is 58.9 Å². The first kappa shape index (κ1) is 19.9. The van der Waals surface area contributed by atoms with Gasteiger partial charge in [0.1, 0.15) is 0 Å². The molecule has 1 aromatic heterocycles. The summed E-state index contributed by atoms with van der Waals surface area (Å²) in [4.78, 5) is 14.1. The zero-order valence-corrected chi connectivity index (χ0v) is 16.8. The third-order valence-electron chi connectivity index (χ3n) is 4.50. The van der Waals surface area contributed by atoms with Crippen molar-refractivity contribution in [3.63, 3.8) is 0 Å². The van der Waals surface area contributed by atoms with Gasteiger partial charge in [-0.2, -0.15) is 5.10 Å². The van der Waals surface area contributed by atoms with Crippen molar-refractivity contribution in [1.29, 1.82) is 0 Å². The Morgan fingerprint density at radius 2 is 1.96 bits per heavy atom. The smallest absolute Gasteiger partial charge is 0.254 e. The summed E-state index contributed by atoms with van der Waals surface area (Å²) in [6, 6.07) is 7.53. The largest absolute Gasteiger partial charge is 0.379 e. The molecule has 0 radical (unpaired) electrons. The van der Waals surface area contributed by atoms with Crippen molar-refractivity contribution in [3.05, 3.63) is 51.3 Å². The molecule has 1 amide bonds. The van der Waals surface area contributed by atoms with Gasteiger partial charge in [-0.3, -0.25) is 9.69 Å². The normalized spacial score (nSPS) is 15.4. The molecule has 0 unspecified atom stereocenters. The lowest BCUT2D eigenvalue weighted by atomic mass is 10.2. The van der Waals surface area contributed by atoms with Crippen LogP contribution in [0.25, 0.3) is 5.69 Å². The van der Waals surface area contributed by atoms with E-state index in [0.29, 0.717) is 29.8 Å². The van der Waals surface area contributed by atoms with Crippen LogP contribution in [0.3, 0.4) is 0 Å². The molecule has 2 heterocycles. The number of ether oxygens (including phenoxy) is 1. The number of amides is 1. The summed E-state index contributed by atoms with van der Waals surface area (Å²) in [6.07, 6.45) is 1.66. The fourth-order valence-corrected chi connectivity index (χ4v) is 3.40. The number of rotatable bonds is 5. The number of benzene rings is 1. The number of hydrogen-bond acceptors (Lipinski definition) is 4. The molecule has 0 atom stereocenters. The van der Waals surface area contributed by atoms with E-state index in [1.54, 1.807) is 12.3 Å². The number of nitrogens with zero attached hydrogens (tertiary/aromatic N) is 3. The van der Waals surface area contributed by atoms with Crippen LogP contribution in [0.15, 0.2) is 29.4 Å². The highest BCUT2D eigenvalue weighted by molar-refractivity contribution is 6.42. The lowest BCUT2D eigenvalue weighted by molar-refractivity contribution is -0.123. The van der Waals surface area contributed by atoms with Crippen molar-refractivity contribution in [3.8, 4) is 5.69 Å². The average Bonchev–Trinajstić information content (AvgIpc) is 2.92.